The van der Waals surface area contributed by atoms with Gasteiger partial charge in [0.25, 0.3) is 5.91 Å². The zero-order valence-electron chi connectivity index (χ0n) is 11.7. The maximum Gasteiger partial charge on any atom is 0.325 e. The number of carbonyl (C=O) groups excluding carboxylic acids is 3. The van der Waals surface area contributed by atoms with Crippen LogP contribution in [-0.4, -0.2) is 30.8 Å². The fourth-order valence-electron chi connectivity index (χ4n) is 1.63. The molecule has 0 saturated heterocycles. The van der Waals surface area contributed by atoms with E-state index >= 15 is 0 Å². The number of rotatable bonds is 6. The molecule has 0 aliphatic heterocycles. The summed E-state index contributed by atoms with van der Waals surface area (Å²) < 4.78 is 6.11. The standard InChI is InChI=1S/C15H11ClINO4S/c16-13-6-5-12(23-13)11(19)8-22-14(20)7-18-15(21)9-3-1-2-4-10(9)17/h1-6H,7-8H2,(H,18,21). The van der Waals surface area contributed by atoms with Crippen molar-refractivity contribution in [2.45, 2.75) is 0 Å². The third-order valence-electron chi connectivity index (χ3n) is 2.72. The molecule has 0 unspecified atom stereocenters. The van der Waals surface area contributed by atoms with Crippen molar-refractivity contribution in [3.63, 3.8) is 0 Å². The first-order valence-corrected chi connectivity index (χ1v) is 8.71. The van der Waals surface area contributed by atoms with E-state index in [-0.39, 0.29) is 24.8 Å². The van der Waals surface area contributed by atoms with Gasteiger partial charge >= 0.3 is 5.97 Å². The van der Waals surface area contributed by atoms with E-state index in [4.69, 9.17) is 16.3 Å². The number of ether oxygens (including phenoxy) is 1. The Morgan fingerprint density at radius 2 is 1.91 bits per heavy atom. The minimum atomic E-state index is -0.680. The molecule has 0 atom stereocenters. The minimum Gasteiger partial charge on any atom is -0.456 e. The third-order valence-corrected chi connectivity index (χ3v) is 4.94. The molecule has 1 amide bonds. The highest BCUT2D eigenvalue weighted by molar-refractivity contribution is 14.1. The molecule has 0 fully saturated rings. The topological polar surface area (TPSA) is 72.5 Å². The zero-order chi connectivity index (χ0) is 16.8. The smallest absolute Gasteiger partial charge is 0.325 e. The van der Waals surface area contributed by atoms with E-state index in [0.29, 0.717) is 14.8 Å². The molecule has 5 nitrogen and oxygen atoms in total. The largest absolute Gasteiger partial charge is 0.456 e. The molecule has 0 aliphatic rings. The van der Waals surface area contributed by atoms with Crippen molar-refractivity contribution in [3.05, 3.63) is 54.7 Å². The lowest BCUT2D eigenvalue weighted by atomic mass is 10.2. The number of hydrogen-bond donors (Lipinski definition) is 1. The van der Waals surface area contributed by atoms with Gasteiger partial charge in [-0.05, 0) is 46.9 Å². The van der Waals surface area contributed by atoms with Gasteiger partial charge in [-0.1, -0.05) is 23.7 Å². The second kappa shape index (κ2) is 8.42. The van der Waals surface area contributed by atoms with Gasteiger partial charge in [-0.15, -0.1) is 11.3 Å². The number of benzene rings is 1. The number of esters is 1. The summed E-state index contributed by atoms with van der Waals surface area (Å²) in [6.45, 7) is -0.684. The van der Waals surface area contributed by atoms with Gasteiger partial charge in [0.15, 0.2) is 6.61 Å². The highest BCUT2D eigenvalue weighted by atomic mass is 127. The molecule has 8 heteroatoms. The van der Waals surface area contributed by atoms with Gasteiger partial charge in [-0.25, -0.2) is 0 Å². The summed E-state index contributed by atoms with van der Waals surface area (Å²) in [7, 11) is 0. The van der Waals surface area contributed by atoms with E-state index in [1.54, 1.807) is 30.3 Å². The molecule has 1 heterocycles. The highest BCUT2D eigenvalue weighted by Crippen LogP contribution is 2.21. The van der Waals surface area contributed by atoms with Crippen LogP contribution in [0.25, 0.3) is 0 Å². The quantitative estimate of drug-likeness (QED) is 0.406. The van der Waals surface area contributed by atoms with Crippen LogP contribution >= 0.6 is 45.5 Å². The Morgan fingerprint density at radius 3 is 2.57 bits per heavy atom. The summed E-state index contributed by atoms with van der Waals surface area (Å²) in [6, 6.07) is 10.2. The van der Waals surface area contributed by atoms with Gasteiger partial charge in [-0.2, -0.15) is 0 Å². The van der Waals surface area contributed by atoms with Gasteiger partial charge in [0, 0.05) is 3.57 Å². The highest BCUT2D eigenvalue weighted by Gasteiger charge is 2.14. The Labute approximate surface area is 155 Å². The fraction of sp³-hybridized carbons (Fsp3) is 0.133. The molecule has 0 aliphatic carbocycles. The molecule has 2 rings (SSSR count). The van der Waals surface area contributed by atoms with E-state index in [1.807, 2.05) is 28.7 Å². The second-order valence-electron chi connectivity index (χ2n) is 4.35. The lowest BCUT2D eigenvalue weighted by Crippen LogP contribution is -2.31. The predicted molar refractivity (Wildman–Crippen MR) is 96.1 cm³/mol. The molecule has 0 spiro atoms. The minimum absolute atomic E-state index is 0.303. The van der Waals surface area contributed by atoms with Crippen molar-refractivity contribution in [1.29, 1.82) is 0 Å². The molecule has 0 saturated carbocycles. The first-order valence-electron chi connectivity index (χ1n) is 6.44. The summed E-state index contributed by atoms with van der Waals surface area (Å²) in [5.41, 5.74) is 0.477. The summed E-state index contributed by atoms with van der Waals surface area (Å²) in [6.07, 6.45) is 0. The first-order chi connectivity index (χ1) is 11.0. The Balaban J connectivity index is 1.78. The van der Waals surface area contributed by atoms with E-state index in [0.717, 1.165) is 14.9 Å². The number of ketones is 1. The van der Waals surface area contributed by atoms with Crippen LogP contribution in [0.5, 0.6) is 0 Å². The van der Waals surface area contributed by atoms with Crippen molar-refractivity contribution in [3.8, 4) is 0 Å². The third kappa shape index (κ3) is 5.29. The molecular weight excluding hydrogens is 453 g/mol. The van der Waals surface area contributed by atoms with Crippen molar-refractivity contribution >= 4 is 63.2 Å². The van der Waals surface area contributed by atoms with Gasteiger partial charge in [0.1, 0.15) is 6.54 Å². The molecule has 120 valence electrons. The normalized spacial score (nSPS) is 10.2. The first kappa shape index (κ1) is 17.9. The predicted octanol–water partition coefficient (Wildman–Crippen LogP) is 3.16. The lowest BCUT2D eigenvalue weighted by Gasteiger charge is -2.07. The molecule has 0 radical (unpaired) electrons. The van der Waals surface area contributed by atoms with Crippen LogP contribution in [0.15, 0.2) is 36.4 Å². The molecular formula is C15H11ClINO4S. The van der Waals surface area contributed by atoms with Gasteiger partial charge in [-0.3, -0.25) is 14.4 Å². The van der Waals surface area contributed by atoms with Crippen LogP contribution in [0.3, 0.4) is 0 Å². The Morgan fingerprint density at radius 1 is 1.17 bits per heavy atom. The zero-order valence-corrected chi connectivity index (χ0v) is 15.4. The van der Waals surface area contributed by atoms with Crippen molar-refractivity contribution in [2.75, 3.05) is 13.2 Å². The van der Waals surface area contributed by atoms with E-state index in [1.165, 1.54) is 0 Å². The van der Waals surface area contributed by atoms with Gasteiger partial charge < -0.3 is 10.1 Å². The monoisotopic (exact) mass is 463 g/mol. The number of amides is 1. The molecule has 23 heavy (non-hydrogen) atoms. The van der Waals surface area contributed by atoms with E-state index < -0.39 is 5.97 Å². The number of nitrogens with one attached hydrogen (secondary N) is 1. The van der Waals surface area contributed by atoms with Crippen LogP contribution in [0.1, 0.15) is 20.0 Å². The fourth-order valence-corrected chi connectivity index (χ4v) is 3.23. The Bertz CT molecular complexity index is 747. The van der Waals surface area contributed by atoms with Gasteiger partial charge in [0.05, 0.1) is 14.8 Å². The van der Waals surface area contributed by atoms with Crippen molar-refractivity contribution < 1.29 is 19.1 Å². The Hall–Kier alpha value is -1.45. The molecule has 2 aromatic rings. The van der Waals surface area contributed by atoms with Crippen LogP contribution < -0.4 is 5.32 Å². The average molecular weight is 464 g/mol. The van der Waals surface area contributed by atoms with E-state index in [9.17, 15) is 14.4 Å². The number of thiophene rings is 1. The van der Waals surface area contributed by atoms with Gasteiger partial charge in [0.2, 0.25) is 5.78 Å². The van der Waals surface area contributed by atoms with Crippen LogP contribution in [-0.2, 0) is 9.53 Å². The molecule has 1 aromatic carbocycles. The maximum absolute atomic E-state index is 11.9. The van der Waals surface area contributed by atoms with Crippen molar-refractivity contribution in [2.24, 2.45) is 0 Å². The van der Waals surface area contributed by atoms with Crippen LogP contribution in [0.2, 0.25) is 4.34 Å². The summed E-state index contributed by atoms with van der Waals surface area (Å²) in [5.74, 6) is -1.39. The van der Waals surface area contributed by atoms with Crippen LogP contribution in [0, 0.1) is 3.57 Å². The van der Waals surface area contributed by atoms with E-state index in [2.05, 4.69) is 5.32 Å². The van der Waals surface area contributed by atoms with Crippen molar-refractivity contribution in [1.82, 2.24) is 5.32 Å². The second-order valence-corrected chi connectivity index (χ2v) is 7.23. The number of Topliss-reactive ketones (excluding diaryl/α,β-unsaturated/α-hetero) is 1. The summed E-state index contributed by atoms with van der Waals surface area (Å²) in [5, 5.41) is 2.46. The molecule has 1 N–H and O–H groups in total. The SMILES string of the molecule is O=C(CNC(=O)c1ccccc1I)OCC(=O)c1ccc(Cl)s1. The maximum atomic E-state index is 11.9. The molecule has 1 aromatic heterocycles. The summed E-state index contributed by atoms with van der Waals surface area (Å²) >= 11 is 8.89. The number of hydrogen-bond acceptors (Lipinski definition) is 5. The Kier molecular flexibility index (Phi) is 6.55. The number of carbonyl (C=O) groups is 3. The lowest BCUT2D eigenvalue weighted by molar-refractivity contribution is -0.141. The number of halogens is 2. The molecule has 0 bridgehead atoms. The summed E-state index contributed by atoms with van der Waals surface area (Å²) in [4.78, 5) is 35.7. The average Bonchev–Trinajstić information content (AvgIpc) is 2.97. The van der Waals surface area contributed by atoms with Crippen LogP contribution in [0.4, 0.5) is 0 Å².